The molecule has 0 spiro atoms. The van der Waals surface area contributed by atoms with Gasteiger partial charge >= 0.3 is 0 Å². The summed E-state index contributed by atoms with van der Waals surface area (Å²) in [5, 5.41) is 0.648. The van der Waals surface area contributed by atoms with Crippen LogP contribution in [0.5, 0.6) is 0 Å². The summed E-state index contributed by atoms with van der Waals surface area (Å²) in [5.41, 5.74) is 6.29. The number of hydrogen-bond donors (Lipinski definition) is 1. The zero-order valence-electron chi connectivity index (χ0n) is 8.64. The Kier molecular flexibility index (Phi) is 3.05. The first-order valence-corrected chi connectivity index (χ1v) is 5.50. The lowest BCUT2D eigenvalue weighted by Gasteiger charge is -2.03. The fourth-order valence-electron chi connectivity index (χ4n) is 1.25. The van der Waals surface area contributed by atoms with E-state index in [1.165, 1.54) is 17.8 Å². The molecule has 0 saturated carbocycles. The monoisotopic (exact) mass is 235 g/mol. The maximum atomic E-state index is 13.4. The van der Waals surface area contributed by atoms with Crippen molar-refractivity contribution in [2.24, 2.45) is 0 Å². The van der Waals surface area contributed by atoms with Crippen molar-refractivity contribution in [3.63, 3.8) is 0 Å². The maximum Gasteiger partial charge on any atom is 0.221 e. The van der Waals surface area contributed by atoms with Crippen LogP contribution in [-0.4, -0.2) is 9.97 Å². The average Bonchev–Trinajstić information content (AvgIpc) is 2.20. The van der Waals surface area contributed by atoms with Gasteiger partial charge in [0.15, 0.2) is 0 Å². The van der Waals surface area contributed by atoms with Crippen molar-refractivity contribution in [1.29, 1.82) is 0 Å². The van der Waals surface area contributed by atoms with Crippen LogP contribution in [0, 0.1) is 12.7 Å². The number of anilines is 1. The summed E-state index contributed by atoms with van der Waals surface area (Å²) in [5.74, 6) is -0.0545. The van der Waals surface area contributed by atoms with Gasteiger partial charge in [-0.1, -0.05) is 23.9 Å². The molecular formula is C11H10FN3S. The van der Waals surface area contributed by atoms with Gasteiger partial charge < -0.3 is 5.73 Å². The number of nitrogens with two attached hydrogens (primary N) is 1. The zero-order chi connectivity index (χ0) is 11.5. The van der Waals surface area contributed by atoms with Gasteiger partial charge in [0, 0.05) is 10.6 Å². The lowest BCUT2D eigenvalue weighted by molar-refractivity contribution is 0.602. The second kappa shape index (κ2) is 4.49. The smallest absolute Gasteiger partial charge is 0.221 e. The Morgan fingerprint density at radius 3 is 2.69 bits per heavy atom. The molecule has 0 saturated heterocycles. The van der Waals surface area contributed by atoms with Crippen LogP contribution in [0.25, 0.3) is 0 Å². The van der Waals surface area contributed by atoms with Gasteiger partial charge in [-0.2, -0.15) is 0 Å². The first-order chi connectivity index (χ1) is 7.65. The molecular weight excluding hydrogens is 225 g/mol. The maximum absolute atomic E-state index is 13.4. The first-order valence-electron chi connectivity index (χ1n) is 4.69. The van der Waals surface area contributed by atoms with E-state index >= 15 is 0 Å². The predicted molar refractivity (Wildman–Crippen MR) is 61.7 cm³/mol. The highest BCUT2D eigenvalue weighted by atomic mass is 32.2. The van der Waals surface area contributed by atoms with Gasteiger partial charge in [0.25, 0.3) is 0 Å². The molecule has 2 rings (SSSR count). The number of aryl methyl sites for hydroxylation is 1. The molecule has 5 heteroatoms. The molecule has 3 nitrogen and oxygen atoms in total. The largest absolute Gasteiger partial charge is 0.368 e. The van der Waals surface area contributed by atoms with Gasteiger partial charge in [0.2, 0.25) is 5.95 Å². The number of rotatable bonds is 2. The van der Waals surface area contributed by atoms with Gasteiger partial charge in [-0.25, -0.2) is 14.4 Å². The Hall–Kier alpha value is -1.62. The molecule has 0 aliphatic rings. The van der Waals surface area contributed by atoms with E-state index in [1.54, 1.807) is 24.3 Å². The summed E-state index contributed by atoms with van der Waals surface area (Å²) in [6.45, 7) is 1.82. The molecule has 2 aromatic rings. The number of aromatic nitrogens is 2. The van der Waals surface area contributed by atoms with Crippen molar-refractivity contribution in [2.75, 3.05) is 5.73 Å². The number of halogens is 1. The van der Waals surface area contributed by atoms with Crippen LogP contribution >= 0.6 is 11.8 Å². The number of benzene rings is 1. The van der Waals surface area contributed by atoms with Crippen LogP contribution < -0.4 is 5.73 Å². The van der Waals surface area contributed by atoms with E-state index in [9.17, 15) is 4.39 Å². The molecule has 0 aliphatic heterocycles. The van der Waals surface area contributed by atoms with E-state index in [-0.39, 0.29) is 11.8 Å². The first kappa shape index (κ1) is 10.9. The molecule has 0 amide bonds. The zero-order valence-corrected chi connectivity index (χ0v) is 9.46. The normalized spacial score (nSPS) is 10.4. The van der Waals surface area contributed by atoms with Gasteiger partial charge in [0.1, 0.15) is 10.8 Å². The van der Waals surface area contributed by atoms with Gasteiger partial charge in [-0.05, 0) is 25.1 Å². The fourth-order valence-corrected chi connectivity index (χ4v) is 2.16. The number of nitrogens with zero attached hydrogens (tertiary/aromatic N) is 2. The van der Waals surface area contributed by atoms with E-state index in [0.717, 1.165) is 5.69 Å². The van der Waals surface area contributed by atoms with Crippen molar-refractivity contribution < 1.29 is 4.39 Å². The lowest BCUT2D eigenvalue weighted by Crippen LogP contribution is -1.97. The van der Waals surface area contributed by atoms with Gasteiger partial charge in [0.05, 0.1) is 0 Å². The molecule has 1 heterocycles. The van der Waals surface area contributed by atoms with Crippen molar-refractivity contribution in [1.82, 2.24) is 9.97 Å². The third-order valence-corrected chi connectivity index (χ3v) is 2.87. The van der Waals surface area contributed by atoms with E-state index < -0.39 is 0 Å². The highest BCUT2D eigenvalue weighted by molar-refractivity contribution is 7.99. The summed E-state index contributed by atoms with van der Waals surface area (Å²) in [6, 6.07) is 8.32. The molecule has 1 aromatic carbocycles. The molecule has 0 atom stereocenters. The molecule has 2 N–H and O–H groups in total. The van der Waals surface area contributed by atoms with Crippen LogP contribution in [0.1, 0.15) is 5.69 Å². The summed E-state index contributed by atoms with van der Waals surface area (Å²) in [4.78, 5) is 8.52. The number of nitrogen functional groups attached to an aromatic ring is 1. The minimum Gasteiger partial charge on any atom is -0.368 e. The summed E-state index contributed by atoms with van der Waals surface area (Å²) in [6.07, 6.45) is 0. The Balaban J connectivity index is 2.30. The Bertz CT molecular complexity index is 496. The Morgan fingerprint density at radius 2 is 2.00 bits per heavy atom. The summed E-state index contributed by atoms with van der Waals surface area (Å²) >= 11 is 1.24. The van der Waals surface area contributed by atoms with E-state index in [2.05, 4.69) is 9.97 Å². The van der Waals surface area contributed by atoms with Crippen LogP contribution in [0.15, 0.2) is 40.3 Å². The second-order valence-corrected chi connectivity index (χ2v) is 4.30. The predicted octanol–water partition coefficient (Wildman–Crippen LogP) is 2.66. The molecule has 1 aromatic heterocycles. The van der Waals surface area contributed by atoms with Crippen molar-refractivity contribution >= 4 is 17.7 Å². The van der Waals surface area contributed by atoms with Crippen LogP contribution in [0.4, 0.5) is 10.3 Å². The van der Waals surface area contributed by atoms with Crippen LogP contribution in [0.2, 0.25) is 0 Å². The quantitative estimate of drug-likeness (QED) is 0.813. The highest BCUT2D eigenvalue weighted by Crippen LogP contribution is 2.28. The Morgan fingerprint density at radius 1 is 1.25 bits per heavy atom. The fraction of sp³-hybridized carbons (Fsp3) is 0.0909. The molecule has 0 bridgehead atoms. The average molecular weight is 235 g/mol. The topological polar surface area (TPSA) is 51.8 Å². The van der Waals surface area contributed by atoms with Gasteiger partial charge in [-0.15, -0.1) is 0 Å². The highest BCUT2D eigenvalue weighted by Gasteiger charge is 2.05. The van der Waals surface area contributed by atoms with E-state index in [0.29, 0.717) is 9.92 Å². The molecule has 0 aliphatic carbocycles. The van der Waals surface area contributed by atoms with Crippen molar-refractivity contribution in [3.8, 4) is 0 Å². The minimum absolute atomic E-state index is 0.207. The minimum atomic E-state index is -0.262. The summed E-state index contributed by atoms with van der Waals surface area (Å²) < 4.78 is 13.4. The van der Waals surface area contributed by atoms with Crippen LogP contribution in [-0.2, 0) is 0 Å². The Labute approximate surface area is 96.9 Å². The molecule has 0 unspecified atom stereocenters. The van der Waals surface area contributed by atoms with Crippen LogP contribution in [0.3, 0.4) is 0 Å². The molecule has 0 radical (unpaired) electrons. The van der Waals surface area contributed by atoms with E-state index in [4.69, 9.17) is 5.73 Å². The third kappa shape index (κ3) is 2.49. The standard InChI is InChI=1S/C11H10FN3S/c1-7-6-10(15-11(13)14-7)16-9-5-3-2-4-8(9)12/h2-6H,1H3,(H2,13,14,15). The molecule has 0 fully saturated rings. The van der Waals surface area contributed by atoms with Gasteiger partial charge in [-0.3, -0.25) is 0 Å². The number of hydrogen-bond acceptors (Lipinski definition) is 4. The molecule has 82 valence electrons. The van der Waals surface area contributed by atoms with E-state index in [1.807, 2.05) is 6.92 Å². The SMILES string of the molecule is Cc1cc(Sc2ccccc2F)nc(N)n1. The van der Waals surface area contributed by atoms with Crippen molar-refractivity contribution in [3.05, 3.63) is 41.8 Å². The summed E-state index contributed by atoms with van der Waals surface area (Å²) in [7, 11) is 0. The van der Waals surface area contributed by atoms with Crippen molar-refractivity contribution in [2.45, 2.75) is 16.8 Å². The molecule has 16 heavy (non-hydrogen) atoms. The lowest BCUT2D eigenvalue weighted by atomic mass is 10.3. The second-order valence-electron chi connectivity index (χ2n) is 3.24. The third-order valence-electron chi connectivity index (χ3n) is 1.90.